The van der Waals surface area contributed by atoms with E-state index in [1.54, 1.807) is 6.92 Å². The van der Waals surface area contributed by atoms with Gasteiger partial charge in [-0.2, -0.15) is 0 Å². The third-order valence-electron chi connectivity index (χ3n) is 2.87. The monoisotopic (exact) mass is 201 g/mol. The molecule has 0 bridgehead atoms. The smallest absolute Gasteiger partial charge is 0.312 e. The summed E-state index contributed by atoms with van der Waals surface area (Å²) in [6.07, 6.45) is 1.68. The lowest BCUT2D eigenvalue weighted by molar-refractivity contribution is -0.157. The Bertz CT molecular complexity index is 230. The first-order valence-electron chi connectivity index (χ1n) is 4.54. The van der Waals surface area contributed by atoms with Crippen LogP contribution in [-0.2, 0) is 9.53 Å². The van der Waals surface area contributed by atoms with E-state index in [9.17, 15) is 4.79 Å². The Morgan fingerprint density at radius 3 is 2.21 bits per heavy atom. The van der Waals surface area contributed by atoms with Gasteiger partial charge in [0.1, 0.15) is 0 Å². The third kappa shape index (κ3) is 2.47. The van der Waals surface area contributed by atoms with Crippen molar-refractivity contribution in [3.8, 4) is 0 Å². The number of oxime groups is 1. The molecule has 0 amide bonds. The van der Waals surface area contributed by atoms with Crippen molar-refractivity contribution in [1.29, 1.82) is 0 Å². The van der Waals surface area contributed by atoms with Crippen molar-refractivity contribution in [2.24, 2.45) is 16.0 Å². The Labute approximate surface area is 84.9 Å². The van der Waals surface area contributed by atoms with Crippen molar-refractivity contribution in [3.05, 3.63) is 0 Å². The average Bonchev–Trinajstić information content (AvgIpc) is 2.10. The van der Waals surface area contributed by atoms with Crippen molar-refractivity contribution in [2.45, 2.75) is 34.1 Å². The van der Waals surface area contributed by atoms with Crippen molar-refractivity contribution in [2.75, 3.05) is 7.11 Å². The highest BCUT2D eigenvalue weighted by molar-refractivity contribution is 5.81. The third-order valence-corrected chi connectivity index (χ3v) is 2.87. The number of hydrogen-bond acceptors (Lipinski definition) is 4. The molecule has 0 heterocycles. The summed E-state index contributed by atoms with van der Waals surface area (Å²) < 4.78 is 4.76. The minimum Gasteiger partial charge on any atom is -0.469 e. The number of hydrogen-bond donors (Lipinski definition) is 1. The molecular formula is C10H19NO3. The quantitative estimate of drug-likeness (QED) is 0.329. The van der Waals surface area contributed by atoms with Gasteiger partial charge in [-0.15, -0.1) is 5.16 Å². The molecule has 0 aromatic heterocycles. The molecule has 82 valence electrons. The summed E-state index contributed by atoms with van der Waals surface area (Å²) in [7, 11) is 1.36. The molecule has 14 heavy (non-hydrogen) atoms. The topological polar surface area (TPSA) is 58.9 Å². The van der Waals surface area contributed by atoms with Gasteiger partial charge in [0.05, 0.1) is 12.5 Å². The molecule has 0 saturated heterocycles. The normalized spacial score (nSPS) is 16.6. The van der Waals surface area contributed by atoms with E-state index in [4.69, 9.17) is 9.94 Å². The van der Waals surface area contributed by atoms with E-state index < -0.39 is 5.41 Å². The molecule has 1 unspecified atom stereocenters. The summed E-state index contributed by atoms with van der Waals surface area (Å²) in [5.41, 5.74) is -0.921. The predicted molar refractivity (Wildman–Crippen MR) is 54.5 cm³/mol. The van der Waals surface area contributed by atoms with Gasteiger partial charge < -0.3 is 9.94 Å². The standard InChI is InChI=1S/C10H19NO3/c1-9(2,3)10(4,6-7-11-13)8(12)14-5/h7,13H,6H2,1-5H3/b11-7+. The summed E-state index contributed by atoms with van der Waals surface area (Å²) in [6, 6.07) is 0. The molecule has 0 aromatic rings. The maximum Gasteiger partial charge on any atom is 0.312 e. The predicted octanol–water partition coefficient (Wildman–Crippen LogP) is 2.06. The minimum absolute atomic E-state index is 0.249. The first kappa shape index (κ1) is 12.9. The highest BCUT2D eigenvalue weighted by atomic mass is 16.5. The fourth-order valence-electron chi connectivity index (χ4n) is 1.14. The van der Waals surface area contributed by atoms with E-state index in [0.29, 0.717) is 6.42 Å². The summed E-state index contributed by atoms with van der Waals surface area (Å²) >= 11 is 0. The van der Waals surface area contributed by atoms with Crippen LogP contribution in [-0.4, -0.2) is 24.5 Å². The summed E-state index contributed by atoms with van der Waals surface area (Å²) in [6.45, 7) is 7.67. The maximum atomic E-state index is 11.6. The molecule has 0 aromatic carbocycles. The Balaban J connectivity index is 4.95. The van der Waals surface area contributed by atoms with Gasteiger partial charge in [0.25, 0.3) is 0 Å². The molecular weight excluding hydrogens is 182 g/mol. The second-order valence-corrected chi connectivity index (χ2v) is 4.58. The van der Waals surface area contributed by atoms with Gasteiger partial charge in [0.2, 0.25) is 0 Å². The molecule has 0 aliphatic rings. The van der Waals surface area contributed by atoms with Crippen LogP contribution in [0.1, 0.15) is 34.1 Å². The number of nitrogens with zero attached hydrogens (tertiary/aromatic N) is 1. The zero-order valence-corrected chi connectivity index (χ0v) is 9.50. The lowest BCUT2D eigenvalue weighted by Gasteiger charge is -2.38. The van der Waals surface area contributed by atoms with Crippen LogP contribution < -0.4 is 0 Å². The van der Waals surface area contributed by atoms with Gasteiger partial charge in [-0.25, -0.2) is 0 Å². The molecule has 0 aliphatic carbocycles. The van der Waals surface area contributed by atoms with Crippen molar-refractivity contribution >= 4 is 12.2 Å². The molecule has 1 atom stereocenters. The Hall–Kier alpha value is -1.06. The second kappa shape index (κ2) is 4.44. The van der Waals surface area contributed by atoms with Crippen LogP contribution >= 0.6 is 0 Å². The van der Waals surface area contributed by atoms with Crippen LogP contribution in [0.25, 0.3) is 0 Å². The Kier molecular flexibility index (Phi) is 4.10. The molecule has 1 N–H and O–H groups in total. The molecule has 0 aliphatic heterocycles. The molecule has 0 saturated carbocycles. The van der Waals surface area contributed by atoms with Gasteiger partial charge in [0.15, 0.2) is 0 Å². The van der Waals surface area contributed by atoms with E-state index >= 15 is 0 Å². The molecule has 0 rings (SSSR count). The lowest BCUT2D eigenvalue weighted by atomic mass is 9.66. The summed E-state index contributed by atoms with van der Waals surface area (Å²) in [4.78, 5) is 11.6. The van der Waals surface area contributed by atoms with Crippen LogP contribution in [0.2, 0.25) is 0 Å². The van der Waals surface area contributed by atoms with Crippen LogP contribution in [0.5, 0.6) is 0 Å². The first-order valence-corrected chi connectivity index (χ1v) is 4.54. The average molecular weight is 201 g/mol. The Morgan fingerprint density at radius 1 is 1.43 bits per heavy atom. The van der Waals surface area contributed by atoms with E-state index in [1.807, 2.05) is 20.8 Å². The van der Waals surface area contributed by atoms with Crippen LogP contribution in [0.4, 0.5) is 0 Å². The molecule has 0 spiro atoms. The van der Waals surface area contributed by atoms with Crippen LogP contribution in [0.15, 0.2) is 5.16 Å². The number of ether oxygens (including phenoxy) is 1. The zero-order chi connectivity index (χ0) is 11.4. The van der Waals surface area contributed by atoms with E-state index in [-0.39, 0.29) is 11.4 Å². The lowest BCUT2D eigenvalue weighted by Crippen LogP contribution is -2.41. The van der Waals surface area contributed by atoms with Gasteiger partial charge in [-0.3, -0.25) is 4.79 Å². The fourth-order valence-corrected chi connectivity index (χ4v) is 1.14. The summed E-state index contributed by atoms with van der Waals surface area (Å²) in [5.74, 6) is -0.287. The van der Waals surface area contributed by atoms with Gasteiger partial charge in [-0.1, -0.05) is 20.8 Å². The molecule has 4 heteroatoms. The van der Waals surface area contributed by atoms with Crippen molar-refractivity contribution in [1.82, 2.24) is 0 Å². The molecule has 4 nitrogen and oxygen atoms in total. The van der Waals surface area contributed by atoms with Crippen LogP contribution in [0.3, 0.4) is 0 Å². The highest BCUT2D eigenvalue weighted by Crippen LogP contribution is 2.41. The van der Waals surface area contributed by atoms with Crippen LogP contribution in [0, 0.1) is 10.8 Å². The van der Waals surface area contributed by atoms with E-state index in [0.717, 1.165) is 0 Å². The number of methoxy groups -OCH3 is 1. The second-order valence-electron chi connectivity index (χ2n) is 4.58. The van der Waals surface area contributed by atoms with E-state index in [1.165, 1.54) is 13.3 Å². The number of carbonyl (C=O) groups is 1. The molecule has 0 fully saturated rings. The fraction of sp³-hybridized carbons (Fsp3) is 0.800. The van der Waals surface area contributed by atoms with Crippen molar-refractivity contribution in [3.63, 3.8) is 0 Å². The largest absolute Gasteiger partial charge is 0.469 e. The highest BCUT2D eigenvalue weighted by Gasteiger charge is 2.44. The van der Waals surface area contributed by atoms with Gasteiger partial charge in [-0.05, 0) is 12.3 Å². The van der Waals surface area contributed by atoms with E-state index in [2.05, 4.69) is 5.16 Å². The first-order chi connectivity index (χ1) is 6.29. The van der Waals surface area contributed by atoms with Crippen molar-refractivity contribution < 1.29 is 14.7 Å². The SMILES string of the molecule is COC(=O)C(C)(C/C=N/O)C(C)(C)C. The maximum absolute atomic E-state index is 11.6. The Morgan fingerprint density at radius 2 is 1.93 bits per heavy atom. The zero-order valence-electron chi connectivity index (χ0n) is 9.50. The summed E-state index contributed by atoms with van der Waals surface area (Å²) in [5, 5.41) is 11.3. The number of carbonyl (C=O) groups excluding carboxylic acids is 1. The van der Waals surface area contributed by atoms with Gasteiger partial charge in [0, 0.05) is 12.6 Å². The van der Waals surface area contributed by atoms with Gasteiger partial charge >= 0.3 is 5.97 Å². The molecule has 0 radical (unpaired) electrons. The number of rotatable bonds is 3. The number of esters is 1. The minimum atomic E-state index is -0.673.